The van der Waals surface area contributed by atoms with Gasteiger partial charge in [0.05, 0.1) is 0 Å². The summed E-state index contributed by atoms with van der Waals surface area (Å²) in [6, 6.07) is 0.221. The topological polar surface area (TPSA) is 55.1 Å². The molecule has 0 aromatic heterocycles. The van der Waals surface area contributed by atoms with Crippen molar-refractivity contribution in [2.24, 2.45) is 5.73 Å². The normalized spacial score (nSPS) is 12.6. The van der Waals surface area contributed by atoms with E-state index < -0.39 is 0 Å². The first kappa shape index (κ1) is 10.4. The smallest absolute Gasteiger partial charge is 0.220 e. The Labute approximate surface area is 68.3 Å². The molecule has 0 unspecified atom stereocenters. The Balaban J connectivity index is 3.40. The number of nitrogens with one attached hydrogen (secondary N) is 1. The van der Waals surface area contributed by atoms with Gasteiger partial charge in [-0.15, -0.1) is 0 Å². The van der Waals surface area contributed by atoms with Gasteiger partial charge in [0.1, 0.15) is 0 Å². The van der Waals surface area contributed by atoms with Crippen LogP contribution in [0.15, 0.2) is 0 Å². The van der Waals surface area contributed by atoms with Crippen LogP contribution in [0, 0.1) is 0 Å². The van der Waals surface area contributed by atoms with Crippen LogP contribution in [0.25, 0.3) is 0 Å². The summed E-state index contributed by atoms with van der Waals surface area (Å²) in [7, 11) is 0. The minimum absolute atomic E-state index is 0.133. The molecule has 0 spiro atoms. The number of rotatable bonds is 5. The molecule has 1 atom stereocenters. The van der Waals surface area contributed by atoms with E-state index in [0.29, 0.717) is 13.0 Å². The van der Waals surface area contributed by atoms with E-state index in [1.54, 1.807) is 0 Å². The summed E-state index contributed by atoms with van der Waals surface area (Å²) in [6.07, 6.45) is 2.38. The molecule has 0 aromatic rings. The van der Waals surface area contributed by atoms with Crippen molar-refractivity contribution in [3.05, 3.63) is 0 Å². The van der Waals surface area contributed by atoms with Gasteiger partial charge in [0.15, 0.2) is 0 Å². The molecule has 0 fully saturated rings. The summed E-state index contributed by atoms with van der Waals surface area (Å²) in [5, 5.41) is 2.86. The molecular weight excluding hydrogens is 140 g/mol. The fraction of sp³-hybridized carbons (Fsp3) is 0.875. The summed E-state index contributed by atoms with van der Waals surface area (Å²) in [4.78, 5) is 11.0. The Morgan fingerprint density at radius 1 is 1.64 bits per heavy atom. The van der Waals surface area contributed by atoms with E-state index in [-0.39, 0.29) is 11.9 Å². The molecule has 0 bridgehead atoms. The Morgan fingerprint density at radius 3 is 2.73 bits per heavy atom. The third-order valence-electron chi connectivity index (χ3n) is 1.48. The van der Waals surface area contributed by atoms with E-state index >= 15 is 0 Å². The fourth-order valence-electron chi connectivity index (χ4n) is 0.896. The monoisotopic (exact) mass is 158 g/mol. The second-order valence-corrected chi connectivity index (χ2v) is 2.80. The van der Waals surface area contributed by atoms with E-state index in [1.165, 1.54) is 0 Å². The molecule has 0 aliphatic rings. The number of carbonyl (C=O) groups excluding carboxylic acids is 1. The van der Waals surface area contributed by atoms with Crippen LogP contribution in [-0.4, -0.2) is 18.5 Å². The highest BCUT2D eigenvalue weighted by atomic mass is 16.1. The number of amides is 1. The largest absolute Gasteiger partial charge is 0.354 e. The lowest BCUT2D eigenvalue weighted by molar-refractivity contribution is -0.121. The van der Waals surface area contributed by atoms with E-state index in [2.05, 4.69) is 5.32 Å². The molecule has 0 aliphatic heterocycles. The maximum absolute atomic E-state index is 11.0. The van der Waals surface area contributed by atoms with E-state index in [4.69, 9.17) is 5.73 Å². The van der Waals surface area contributed by atoms with Crippen molar-refractivity contribution in [2.45, 2.75) is 39.2 Å². The van der Waals surface area contributed by atoms with Crippen LogP contribution in [0.4, 0.5) is 0 Å². The van der Waals surface area contributed by atoms with Gasteiger partial charge in [-0.25, -0.2) is 0 Å². The second-order valence-electron chi connectivity index (χ2n) is 2.80. The lowest BCUT2D eigenvalue weighted by Gasteiger charge is -2.11. The van der Waals surface area contributed by atoms with Gasteiger partial charge in [0.2, 0.25) is 5.91 Å². The van der Waals surface area contributed by atoms with E-state index in [0.717, 1.165) is 12.8 Å². The Bertz CT molecular complexity index is 115. The maximum Gasteiger partial charge on any atom is 0.220 e. The molecule has 0 aliphatic carbocycles. The predicted molar refractivity (Wildman–Crippen MR) is 46.2 cm³/mol. The van der Waals surface area contributed by atoms with Gasteiger partial charge in [-0.2, -0.15) is 0 Å². The average molecular weight is 158 g/mol. The van der Waals surface area contributed by atoms with Crippen molar-refractivity contribution in [2.75, 3.05) is 6.54 Å². The van der Waals surface area contributed by atoms with Crippen molar-refractivity contribution in [3.63, 3.8) is 0 Å². The van der Waals surface area contributed by atoms with Gasteiger partial charge >= 0.3 is 0 Å². The highest BCUT2D eigenvalue weighted by Crippen LogP contribution is 1.91. The van der Waals surface area contributed by atoms with Crippen molar-refractivity contribution in [3.8, 4) is 0 Å². The van der Waals surface area contributed by atoms with Crippen molar-refractivity contribution in [1.29, 1.82) is 0 Å². The summed E-state index contributed by atoms with van der Waals surface area (Å²) in [5.74, 6) is 0.133. The van der Waals surface area contributed by atoms with Gasteiger partial charge in [-0.3, -0.25) is 4.79 Å². The van der Waals surface area contributed by atoms with Crippen molar-refractivity contribution in [1.82, 2.24) is 5.32 Å². The van der Waals surface area contributed by atoms with E-state index in [1.807, 2.05) is 13.8 Å². The quantitative estimate of drug-likeness (QED) is 0.617. The van der Waals surface area contributed by atoms with Crippen LogP contribution in [0.5, 0.6) is 0 Å². The molecule has 11 heavy (non-hydrogen) atoms. The van der Waals surface area contributed by atoms with Gasteiger partial charge < -0.3 is 11.1 Å². The Kier molecular flexibility index (Phi) is 5.84. The molecule has 66 valence electrons. The van der Waals surface area contributed by atoms with Crippen LogP contribution in [0.3, 0.4) is 0 Å². The van der Waals surface area contributed by atoms with Gasteiger partial charge in [0.25, 0.3) is 0 Å². The van der Waals surface area contributed by atoms with Crippen LogP contribution < -0.4 is 11.1 Å². The molecule has 3 N–H and O–H groups in total. The second kappa shape index (κ2) is 6.16. The first-order valence-corrected chi connectivity index (χ1v) is 4.20. The number of hydrogen-bond acceptors (Lipinski definition) is 2. The van der Waals surface area contributed by atoms with Crippen LogP contribution >= 0.6 is 0 Å². The molecule has 3 heteroatoms. The minimum Gasteiger partial charge on any atom is -0.354 e. The van der Waals surface area contributed by atoms with Gasteiger partial charge in [-0.05, 0) is 26.3 Å². The molecule has 0 saturated heterocycles. The SMILES string of the molecule is CCCC(=O)N[C@H](C)CCN. The summed E-state index contributed by atoms with van der Waals surface area (Å²) in [5.41, 5.74) is 5.33. The molecule has 0 rings (SSSR count). The Hall–Kier alpha value is -0.570. The molecule has 0 radical (unpaired) electrons. The summed E-state index contributed by atoms with van der Waals surface area (Å²) < 4.78 is 0. The minimum atomic E-state index is 0.133. The van der Waals surface area contributed by atoms with Crippen LogP contribution in [0.2, 0.25) is 0 Å². The third-order valence-corrected chi connectivity index (χ3v) is 1.48. The molecule has 1 amide bonds. The summed E-state index contributed by atoms with van der Waals surface area (Å²) >= 11 is 0. The van der Waals surface area contributed by atoms with Gasteiger partial charge in [0, 0.05) is 12.5 Å². The number of hydrogen-bond donors (Lipinski definition) is 2. The fourth-order valence-corrected chi connectivity index (χ4v) is 0.896. The predicted octanol–water partition coefficient (Wildman–Crippen LogP) is 0.640. The standard InChI is InChI=1S/C8H18N2O/c1-3-4-8(11)10-7(2)5-6-9/h7H,3-6,9H2,1-2H3,(H,10,11)/t7-/m1/s1. The molecule has 0 aromatic carbocycles. The molecule has 3 nitrogen and oxygen atoms in total. The molecule has 0 heterocycles. The molecular formula is C8H18N2O. The molecule has 0 saturated carbocycles. The van der Waals surface area contributed by atoms with E-state index in [9.17, 15) is 4.79 Å². The van der Waals surface area contributed by atoms with Crippen LogP contribution in [0.1, 0.15) is 33.1 Å². The Morgan fingerprint density at radius 2 is 2.27 bits per heavy atom. The number of nitrogens with two attached hydrogens (primary N) is 1. The average Bonchev–Trinajstić information content (AvgIpc) is 1.87. The first-order valence-electron chi connectivity index (χ1n) is 4.20. The zero-order valence-corrected chi connectivity index (χ0v) is 7.39. The third kappa shape index (κ3) is 5.85. The van der Waals surface area contributed by atoms with Crippen LogP contribution in [-0.2, 0) is 4.79 Å². The lowest BCUT2D eigenvalue weighted by atomic mass is 10.2. The zero-order chi connectivity index (χ0) is 8.69. The first-order chi connectivity index (χ1) is 5.20. The zero-order valence-electron chi connectivity index (χ0n) is 7.39. The summed E-state index contributed by atoms with van der Waals surface area (Å²) in [6.45, 7) is 4.60. The highest BCUT2D eigenvalue weighted by molar-refractivity contribution is 5.76. The lowest BCUT2D eigenvalue weighted by Crippen LogP contribution is -2.33. The van der Waals surface area contributed by atoms with Crippen molar-refractivity contribution >= 4 is 5.91 Å². The van der Waals surface area contributed by atoms with Crippen molar-refractivity contribution < 1.29 is 4.79 Å². The highest BCUT2D eigenvalue weighted by Gasteiger charge is 2.03. The van der Waals surface area contributed by atoms with Gasteiger partial charge in [-0.1, -0.05) is 6.92 Å². The maximum atomic E-state index is 11.0. The number of carbonyl (C=O) groups is 1.